The maximum Gasteiger partial charge on any atom is 0.134 e. The Morgan fingerprint density at radius 2 is 2.12 bits per heavy atom. The summed E-state index contributed by atoms with van der Waals surface area (Å²) in [5.74, 6) is 1.69. The van der Waals surface area contributed by atoms with Gasteiger partial charge in [-0.2, -0.15) is 0 Å². The number of hydrogen-bond acceptors (Lipinski definition) is 2. The minimum atomic E-state index is 0.180. The largest absolute Gasteiger partial charge is 0.494 e. The first-order valence-electron chi connectivity index (χ1n) is 5.79. The fourth-order valence-electron chi connectivity index (χ4n) is 1.45. The van der Waals surface area contributed by atoms with Gasteiger partial charge in [0.2, 0.25) is 0 Å². The molecule has 2 nitrogen and oxygen atoms in total. The van der Waals surface area contributed by atoms with Gasteiger partial charge in [0.1, 0.15) is 11.5 Å². The van der Waals surface area contributed by atoms with Gasteiger partial charge in [0.15, 0.2) is 0 Å². The molecule has 0 atom stereocenters. The predicted molar refractivity (Wildman–Crippen MR) is 65.8 cm³/mol. The van der Waals surface area contributed by atoms with Gasteiger partial charge >= 0.3 is 0 Å². The molecule has 0 spiro atoms. The quantitative estimate of drug-likeness (QED) is 0.735. The van der Waals surface area contributed by atoms with E-state index in [2.05, 4.69) is 13.8 Å². The zero-order valence-electron chi connectivity index (χ0n) is 10.3. The van der Waals surface area contributed by atoms with Crippen molar-refractivity contribution < 1.29 is 9.53 Å². The number of benzene rings is 1. The van der Waals surface area contributed by atoms with Gasteiger partial charge in [-0.05, 0) is 37.0 Å². The lowest BCUT2D eigenvalue weighted by Crippen LogP contribution is -2.02. The number of rotatable bonds is 6. The third-order valence-electron chi connectivity index (χ3n) is 2.32. The lowest BCUT2D eigenvalue weighted by molar-refractivity contribution is -0.116. The van der Waals surface area contributed by atoms with Crippen LogP contribution in [0.2, 0.25) is 0 Å². The first-order valence-corrected chi connectivity index (χ1v) is 5.79. The summed E-state index contributed by atoms with van der Waals surface area (Å²) in [6.07, 6.45) is 1.54. The van der Waals surface area contributed by atoms with E-state index in [1.165, 1.54) is 0 Å². The Kier molecular flexibility index (Phi) is 5.03. The van der Waals surface area contributed by atoms with Crippen LogP contribution in [-0.4, -0.2) is 12.4 Å². The SMILES string of the molecule is CC(=O)Cc1cccc(OCCC(C)C)c1. The van der Waals surface area contributed by atoms with Crippen LogP contribution in [0.25, 0.3) is 0 Å². The van der Waals surface area contributed by atoms with Crippen LogP contribution in [0, 0.1) is 5.92 Å². The van der Waals surface area contributed by atoms with Crippen molar-refractivity contribution >= 4 is 5.78 Å². The average molecular weight is 220 g/mol. The van der Waals surface area contributed by atoms with Gasteiger partial charge in [-0.1, -0.05) is 26.0 Å². The van der Waals surface area contributed by atoms with E-state index in [0.717, 1.165) is 24.3 Å². The molecule has 0 saturated carbocycles. The Labute approximate surface area is 97.6 Å². The highest BCUT2D eigenvalue weighted by Crippen LogP contribution is 2.14. The Morgan fingerprint density at radius 3 is 2.75 bits per heavy atom. The summed E-state index contributed by atoms with van der Waals surface area (Å²) in [5, 5.41) is 0. The second-order valence-corrected chi connectivity index (χ2v) is 4.56. The summed E-state index contributed by atoms with van der Waals surface area (Å²) in [4.78, 5) is 11.0. The van der Waals surface area contributed by atoms with Crippen LogP contribution in [0.5, 0.6) is 5.75 Å². The average Bonchev–Trinajstić information content (AvgIpc) is 2.16. The second kappa shape index (κ2) is 6.31. The zero-order chi connectivity index (χ0) is 12.0. The lowest BCUT2D eigenvalue weighted by Gasteiger charge is -2.09. The zero-order valence-corrected chi connectivity index (χ0v) is 10.3. The van der Waals surface area contributed by atoms with Gasteiger partial charge in [-0.25, -0.2) is 0 Å². The Morgan fingerprint density at radius 1 is 1.38 bits per heavy atom. The monoisotopic (exact) mass is 220 g/mol. The smallest absolute Gasteiger partial charge is 0.134 e. The van der Waals surface area contributed by atoms with Gasteiger partial charge in [0, 0.05) is 6.42 Å². The molecule has 0 saturated heterocycles. The van der Waals surface area contributed by atoms with Crippen LogP contribution in [0.3, 0.4) is 0 Å². The molecule has 1 aromatic carbocycles. The molecule has 0 bridgehead atoms. The Hall–Kier alpha value is -1.31. The molecule has 88 valence electrons. The normalized spacial score (nSPS) is 10.5. The number of carbonyl (C=O) groups excluding carboxylic acids is 1. The van der Waals surface area contributed by atoms with Crippen LogP contribution >= 0.6 is 0 Å². The molecule has 0 aromatic heterocycles. The maximum absolute atomic E-state index is 11.0. The molecular formula is C14H20O2. The molecule has 0 N–H and O–H groups in total. The summed E-state index contributed by atoms with van der Waals surface area (Å²) in [6.45, 7) is 6.69. The minimum absolute atomic E-state index is 0.180. The highest BCUT2D eigenvalue weighted by Gasteiger charge is 2.00. The van der Waals surface area contributed by atoms with Crippen LogP contribution in [0.15, 0.2) is 24.3 Å². The molecule has 1 rings (SSSR count). The van der Waals surface area contributed by atoms with Crippen molar-refractivity contribution in [3.63, 3.8) is 0 Å². The first kappa shape index (κ1) is 12.8. The molecule has 1 aromatic rings. The van der Waals surface area contributed by atoms with E-state index in [4.69, 9.17) is 4.74 Å². The van der Waals surface area contributed by atoms with Crippen molar-refractivity contribution in [3.05, 3.63) is 29.8 Å². The van der Waals surface area contributed by atoms with Crippen molar-refractivity contribution in [2.45, 2.75) is 33.6 Å². The standard InChI is InChI=1S/C14H20O2/c1-11(2)7-8-16-14-6-4-5-13(10-14)9-12(3)15/h4-6,10-11H,7-9H2,1-3H3. The number of ether oxygens (including phenoxy) is 1. The molecule has 16 heavy (non-hydrogen) atoms. The molecule has 0 aliphatic carbocycles. The number of Topliss-reactive ketones (excluding diaryl/α,β-unsaturated/α-hetero) is 1. The van der Waals surface area contributed by atoms with Crippen LogP contribution < -0.4 is 4.74 Å². The van der Waals surface area contributed by atoms with E-state index in [1.807, 2.05) is 24.3 Å². The fraction of sp³-hybridized carbons (Fsp3) is 0.500. The van der Waals surface area contributed by atoms with E-state index in [9.17, 15) is 4.79 Å². The summed E-state index contributed by atoms with van der Waals surface area (Å²) in [7, 11) is 0. The third-order valence-corrected chi connectivity index (χ3v) is 2.32. The minimum Gasteiger partial charge on any atom is -0.494 e. The summed E-state index contributed by atoms with van der Waals surface area (Å²) < 4.78 is 5.63. The van der Waals surface area contributed by atoms with Crippen molar-refractivity contribution in [2.75, 3.05) is 6.61 Å². The van der Waals surface area contributed by atoms with E-state index < -0.39 is 0 Å². The molecule has 0 aliphatic rings. The van der Waals surface area contributed by atoms with Crippen molar-refractivity contribution in [1.82, 2.24) is 0 Å². The summed E-state index contributed by atoms with van der Waals surface area (Å²) in [5.41, 5.74) is 1.02. The molecule has 0 aliphatic heterocycles. The van der Waals surface area contributed by atoms with E-state index in [-0.39, 0.29) is 5.78 Å². The summed E-state index contributed by atoms with van der Waals surface area (Å²) in [6, 6.07) is 7.77. The van der Waals surface area contributed by atoms with Crippen LogP contribution in [0.1, 0.15) is 32.8 Å². The number of ketones is 1. The van der Waals surface area contributed by atoms with Crippen molar-refractivity contribution in [1.29, 1.82) is 0 Å². The molecule has 0 radical (unpaired) electrons. The van der Waals surface area contributed by atoms with Gasteiger partial charge in [-0.3, -0.25) is 4.79 Å². The Bertz CT molecular complexity index is 342. The van der Waals surface area contributed by atoms with Crippen molar-refractivity contribution in [2.24, 2.45) is 5.92 Å². The molecule has 2 heteroatoms. The van der Waals surface area contributed by atoms with Gasteiger partial charge in [0.25, 0.3) is 0 Å². The van der Waals surface area contributed by atoms with Crippen molar-refractivity contribution in [3.8, 4) is 5.75 Å². The van der Waals surface area contributed by atoms with Gasteiger partial charge < -0.3 is 4.74 Å². The van der Waals surface area contributed by atoms with Gasteiger partial charge in [-0.15, -0.1) is 0 Å². The molecule has 0 heterocycles. The fourth-order valence-corrected chi connectivity index (χ4v) is 1.45. The molecule has 0 fully saturated rings. The van der Waals surface area contributed by atoms with E-state index in [0.29, 0.717) is 12.3 Å². The molecule has 0 amide bonds. The summed E-state index contributed by atoms with van der Waals surface area (Å²) >= 11 is 0. The second-order valence-electron chi connectivity index (χ2n) is 4.56. The topological polar surface area (TPSA) is 26.3 Å². The maximum atomic E-state index is 11.0. The third kappa shape index (κ3) is 4.96. The highest BCUT2D eigenvalue weighted by atomic mass is 16.5. The predicted octanol–water partition coefficient (Wildman–Crippen LogP) is 3.24. The van der Waals surface area contributed by atoms with Crippen LogP contribution in [-0.2, 0) is 11.2 Å². The van der Waals surface area contributed by atoms with E-state index >= 15 is 0 Å². The van der Waals surface area contributed by atoms with Crippen LogP contribution in [0.4, 0.5) is 0 Å². The number of carbonyl (C=O) groups is 1. The highest BCUT2D eigenvalue weighted by molar-refractivity contribution is 5.78. The van der Waals surface area contributed by atoms with Gasteiger partial charge in [0.05, 0.1) is 6.61 Å². The molecular weight excluding hydrogens is 200 g/mol. The lowest BCUT2D eigenvalue weighted by atomic mass is 10.1. The number of hydrogen-bond donors (Lipinski definition) is 0. The molecule has 0 unspecified atom stereocenters. The first-order chi connectivity index (χ1) is 7.58. The Balaban J connectivity index is 2.50. The van der Waals surface area contributed by atoms with E-state index in [1.54, 1.807) is 6.92 Å².